The molecule has 4 heteroatoms. The van der Waals surface area contributed by atoms with Crippen LogP contribution >= 0.6 is 0 Å². The van der Waals surface area contributed by atoms with E-state index in [9.17, 15) is 0 Å². The summed E-state index contributed by atoms with van der Waals surface area (Å²) in [6, 6.07) is 0. The minimum absolute atomic E-state index is 0.518. The van der Waals surface area contributed by atoms with E-state index in [1.165, 1.54) is 12.8 Å². The van der Waals surface area contributed by atoms with Crippen molar-refractivity contribution in [2.75, 3.05) is 12.3 Å². The highest BCUT2D eigenvalue weighted by Crippen LogP contribution is 2.23. The third-order valence-corrected chi connectivity index (χ3v) is 2.62. The lowest BCUT2D eigenvalue weighted by atomic mass is 10.3. The molecule has 1 aliphatic rings. The number of anilines is 1. The first-order chi connectivity index (χ1) is 6.68. The number of ether oxygens (including phenoxy) is 1. The number of aryl methyl sites for hydroxylation is 1. The Balaban J connectivity index is 1.90. The Morgan fingerprint density at radius 3 is 2.71 bits per heavy atom. The molecule has 0 radical (unpaired) electrons. The van der Waals surface area contributed by atoms with Crippen molar-refractivity contribution in [1.82, 2.24) is 9.78 Å². The van der Waals surface area contributed by atoms with Crippen molar-refractivity contribution < 1.29 is 4.74 Å². The monoisotopic (exact) mass is 195 g/mol. The van der Waals surface area contributed by atoms with Gasteiger partial charge >= 0.3 is 0 Å². The van der Waals surface area contributed by atoms with E-state index in [1.54, 1.807) is 0 Å². The van der Waals surface area contributed by atoms with E-state index in [-0.39, 0.29) is 0 Å². The normalized spacial score (nSPS) is 16.1. The van der Waals surface area contributed by atoms with Crippen molar-refractivity contribution in [3.8, 4) is 0 Å². The second kappa shape index (κ2) is 3.61. The number of nitrogen functional groups attached to an aromatic ring is 1. The highest BCUT2D eigenvalue weighted by Gasteiger charge is 2.21. The fourth-order valence-corrected chi connectivity index (χ4v) is 1.47. The molecule has 1 fully saturated rings. The highest BCUT2D eigenvalue weighted by atomic mass is 16.5. The maximum Gasteiger partial charge on any atom is 0.0825 e. The zero-order valence-corrected chi connectivity index (χ0v) is 8.79. The summed E-state index contributed by atoms with van der Waals surface area (Å²) in [7, 11) is 0. The molecule has 1 heterocycles. The van der Waals surface area contributed by atoms with Crippen LogP contribution in [0.2, 0.25) is 0 Å². The third kappa shape index (κ3) is 1.90. The van der Waals surface area contributed by atoms with Crippen LogP contribution < -0.4 is 5.73 Å². The Hall–Kier alpha value is -1.03. The van der Waals surface area contributed by atoms with Crippen molar-refractivity contribution in [3.63, 3.8) is 0 Å². The third-order valence-electron chi connectivity index (χ3n) is 2.62. The summed E-state index contributed by atoms with van der Waals surface area (Å²) in [6.07, 6.45) is 2.96. The van der Waals surface area contributed by atoms with Crippen LogP contribution in [0.15, 0.2) is 0 Å². The van der Waals surface area contributed by atoms with Crippen molar-refractivity contribution in [1.29, 1.82) is 0 Å². The van der Waals surface area contributed by atoms with Crippen LogP contribution in [0.3, 0.4) is 0 Å². The Morgan fingerprint density at radius 1 is 1.50 bits per heavy atom. The summed E-state index contributed by atoms with van der Waals surface area (Å²) >= 11 is 0. The van der Waals surface area contributed by atoms with E-state index in [0.29, 0.717) is 6.10 Å². The Bertz CT molecular complexity index is 328. The average Bonchev–Trinajstić information content (AvgIpc) is 2.93. The van der Waals surface area contributed by atoms with E-state index >= 15 is 0 Å². The van der Waals surface area contributed by atoms with Gasteiger partial charge in [0.05, 0.1) is 36.3 Å². The molecule has 2 rings (SSSR count). The largest absolute Gasteiger partial charge is 0.396 e. The molecule has 1 aromatic heterocycles. The molecular formula is C10H17N3O. The Labute approximate surface area is 84.0 Å². The molecule has 0 atom stereocenters. The van der Waals surface area contributed by atoms with E-state index in [0.717, 1.165) is 30.2 Å². The molecule has 0 saturated heterocycles. The number of rotatable bonds is 4. The van der Waals surface area contributed by atoms with Gasteiger partial charge in [0.2, 0.25) is 0 Å². The van der Waals surface area contributed by atoms with Crippen LogP contribution in [0.25, 0.3) is 0 Å². The number of aromatic nitrogens is 2. The van der Waals surface area contributed by atoms with Gasteiger partial charge < -0.3 is 10.5 Å². The molecule has 0 unspecified atom stereocenters. The SMILES string of the molecule is Cc1nn(CCOC2CC2)c(C)c1N. The zero-order valence-electron chi connectivity index (χ0n) is 8.79. The smallest absolute Gasteiger partial charge is 0.0825 e. The van der Waals surface area contributed by atoms with Gasteiger partial charge in [-0.05, 0) is 26.7 Å². The molecule has 4 nitrogen and oxygen atoms in total. The molecule has 2 N–H and O–H groups in total. The fourth-order valence-electron chi connectivity index (χ4n) is 1.47. The second-order valence-electron chi connectivity index (χ2n) is 3.88. The zero-order chi connectivity index (χ0) is 10.1. The summed E-state index contributed by atoms with van der Waals surface area (Å²) in [5.74, 6) is 0. The number of hydrogen-bond acceptors (Lipinski definition) is 3. The summed E-state index contributed by atoms with van der Waals surface area (Å²) in [4.78, 5) is 0. The summed E-state index contributed by atoms with van der Waals surface area (Å²) in [5.41, 5.74) is 8.58. The minimum Gasteiger partial charge on any atom is -0.396 e. The molecule has 14 heavy (non-hydrogen) atoms. The molecule has 1 aliphatic carbocycles. The maximum atomic E-state index is 5.82. The molecular weight excluding hydrogens is 178 g/mol. The molecule has 0 bridgehead atoms. The van der Waals surface area contributed by atoms with Crippen molar-refractivity contribution in [3.05, 3.63) is 11.4 Å². The molecule has 1 saturated carbocycles. The molecule has 78 valence electrons. The lowest BCUT2D eigenvalue weighted by molar-refractivity contribution is 0.109. The highest BCUT2D eigenvalue weighted by molar-refractivity contribution is 5.46. The maximum absolute atomic E-state index is 5.82. The van der Waals surface area contributed by atoms with E-state index in [2.05, 4.69) is 5.10 Å². The van der Waals surface area contributed by atoms with Crippen molar-refractivity contribution in [2.24, 2.45) is 0 Å². The standard InChI is InChI=1S/C10H17N3O/c1-7-10(11)8(2)13(12-7)5-6-14-9-3-4-9/h9H,3-6,11H2,1-2H3. The van der Waals surface area contributed by atoms with Crippen molar-refractivity contribution in [2.45, 2.75) is 39.3 Å². The summed E-state index contributed by atoms with van der Waals surface area (Å²) in [5, 5.41) is 4.34. The van der Waals surface area contributed by atoms with Crippen LogP contribution in [-0.4, -0.2) is 22.5 Å². The number of nitrogens with zero attached hydrogens (tertiary/aromatic N) is 2. The van der Waals surface area contributed by atoms with Crippen LogP contribution in [-0.2, 0) is 11.3 Å². The van der Waals surface area contributed by atoms with Gasteiger partial charge in [-0.3, -0.25) is 4.68 Å². The van der Waals surface area contributed by atoms with Crippen LogP contribution in [0, 0.1) is 13.8 Å². The van der Waals surface area contributed by atoms with Gasteiger partial charge in [0.15, 0.2) is 0 Å². The molecule has 0 aliphatic heterocycles. The lowest BCUT2D eigenvalue weighted by Gasteiger charge is -2.04. The van der Waals surface area contributed by atoms with Crippen LogP contribution in [0.4, 0.5) is 5.69 Å². The van der Waals surface area contributed by atoms with Crippen LogP contribution in [0.5, 0.6) is 0 Å². The van der Waals surface area contributed by atoms with E-state index < -0.39 is 0 Å². The number of hydrogen-bond donors (Lipinski definition) is 1. The fraction of sp³-hybridized carbons (Fsp3) is 0.700. The first kappa shape index (κ1) is 9.52. The quantitative estimate of drug-likeness (QED) is 0.787. The lowest BCUT2D eigenvalue weighted by Crippen LogP contribution is -2.10. The van der Waals surface area contributed by atoms with Gasteiger partial charge in [0.1, 0.15) is 0 Å². The predicted molar refractivity (Wildman–Crippen MR) is 55.1 cm³/mol. The second-order valence-corrected chi connectivity index (χ2v) is 3.88. The Morgan fingerprint density at radius 2 is 2.21 bits per heavy atom. The Kier molecular flexibility index (Phi) is 2.46. The van der Waals surface area contributed by atoms with E-state index in [4.69, 9.17) is 10.5 Å². The van der Waals surface area contributed by atoms with Crippen molar-refractivity contribution >= 4 is 5.69 Å². The molecule has 0 aromatic carbocycles. The van der Waals surface area contributed by atoms with Crippen LogP contribution in [0.1, 0.15) is 24.2 Å². The van der Waals surface area contributed by atoms with Gasteiger partial charge in [0.25, 0.3) is 0 Å². The summed E-state index contributed by atoms with van der Waals surface area (Å²) < 4.78 is 7.48. The van der Waals surface area contributed by atoms with Gasteiger partial charge in [0, 0.05) is 0 Å². The van der Waals surface area contributed by atoms with Gasteiger partial charge in [-0.25, -0.2) is 0 Å². The molecule has 0 spiro atoms. The van der Waals surface area contributed by atoms with Gasteiger partial charge in [-0.2, -0.15) is 5.10 Å². The predicted octanol–water partition coefficient (Wildman–Crippen LogP) is 1.26. The molecule has 1 aromatic rings. The first-order valence-corrected chi connectivity index (χ1v) is 5.09. The summed E-state index contributed by atoms with van der Waals surface area (Å²) in [6.45, 7) is 5.47. The van der Waals surface area contributed by atoms with Gasteiger partial charge in [-0.1, -0.05) is 0 Å². The topological polar surface area (TPSA) is 53.1 Å². The average molecular weight is 195 g/mol. The van der Waals surface area contributed by atoms with Gasteiger partial charge in [-0.15, -0.1) is 0 Å². The first-order valence-electron chi connectivity index (χ1n) is 5.09. The number of nitrogens with two attached hydrogens (primary N) is 1. The minimum atomic E-state index is 0.518. The molecule has 0 amide bonds. The van der Waals surface area contributed by atoms with E-state index in [1.807, 2.05) is 18.5 Å².